The minimum Gasteiger partial charge on any atom is -0.487 e. The van der Waals surface area contributed by atoms with E-state index in [1.807, 2.05) is 6.92 Å². The molecule has 0 unspecified atom stereocenters. The number of hydrogen-bond donors (Lipinski definition) is 0. The Bertz CT molecular complexity index is 462. The van der Waals surface area contributed by atoms with Crippen LogP contribution in [0.2, 0.25) is 0 Å². The summed E-state index contributed by atoms with van der Waals surface area (Å²) in [6, 6.07) is 4.98. The molecule has 1 heterocycles. The maximum Gasteiger partial charge on any atom is 0.310 e. The van der Waals surface area contributed by atoms with Crippen LogP contribution >= 0.6 is 12.4 Å². The van der Waals surface area contributed by atoms with Gasteiger partial charge in [-0.05, 0) is 50.9 Å². The highest BCUT2D eigenvalue weighted by Crippen LogP contribution is 2.27. The van der Waals surface area contributed by atoms with E-state index < -0.39 is 0 Å². The molecule has 5 nitrogen and oxygen atoms in total. The van der Waals surface area contributed by atoms with Crippen LogP contribution in [0.3, 0.4) is 0 Å². The lowest BCUT2D eigenvalue weighted by molar-refractivity contribution is -0.385. The second kappa shape index (κ2) is 8.85. The SMILES string of the molecule is Cc1ccc([N+](=O)[O-])c(OCCCN2CCCCC2)c1.Cl. The van der Waals surface area contributed by atoms with E-state index in [1.165, 1.54) is 38.4 Å². The van der Waals surface area contributed by atoms with Crippen molar-refractivity contribution in [3.63, 3.8) is 0 Å². The molecule has 0 aromatic heterocycles. The van der Waals surface area contributed by atoms with Crippen molar-refractivity contribution < 1.29 is 9.66 Å². The van der Waals surface area contributed by atoms with Crippen LogP contribution in [-0.4, -0.2) is 36.1 Å². The Morgan fingerprint density at radius 3 is 2.67 bits per heavy atom. The number of rotatable bonds is 6. The van der Waals surface area contributed by atoms with Crippen molar-refractivity contribution in [1.82, 2.24) is 4.90 Å². The summed E-state index contributed by atoms with van der Waals surface area (Å²) in [4.78, 5) is 13.0. The molecule has 1 saturated heterocycles. The standard InChI is InChI=1S/C15H22N2O3.ClH/c1-13-6-7-14(17(18)19)15(12-13)20-11-5-10-16-8-3-2-4-9-16;/h6-7,12H,2-5,8-11H2,1H3;1H. The third-order valence-electron chi connectivity index (χ3n) is 3.64. The first kappa shape index (κ1) is 17.7. The van der Waals surface area contributed by atoms with E-state index in [9.17, 15) is 10.1 Å². The molecule has 0 saturated carbocycles. The molecule has 0 aliphatic carbocycles. The molecule has 1 aromatic rings. The van der Waals surface area contributed by atoms with Gasteiger partial charge in [0, 0.05) is 12.6 Å². The van der Waals surface area contributed by atoms with Gasteiger partial charge in [0.05, 0.1) is 11.5 Å². The van der Waals surface area contributed by atoms with Crippen molar-refractivity contribution in [2.75, 3.05) is 26.2 Å². The predicted octanol–water partition coefficient (Wildman–Crippen LogP) is 3.58. The van der Waals surface area contributed by atoms with Crippen LogP contribution in [0.25, 0.3) is 0 Å². The van der Waals surface area contributed by atoms with Crippen molar-refractivity contribution in [1.29, 1.82) is 0 Å². The van der Waals surface area contributed by atoms with Crippen LogP contribution in [-0.2, 0) is 0 Å². The van der Waals surface area contributed by atoms with Crippen molar-refractivity contribution in [2.24, 2.45) is 0 Å². The predicted molar refractivity (Wildman–Crippen MR) is 85.5 cm³/mol. The summed E-state index contributed by atoms with van der Waals surface area (Å²) in [5.74, 6) is 0.383. The van der Waals surface area contributed by atoms with Crippen LogP contribution < -0.4 is 4.74 Å². The molecule has 0 radical (unpaired) electrons. The maximum atomic E-state index is 10.9. The Morgan fingerprint density at radius 2 is 2.00 bits per heavy atom. The zero-order valence-electron chi connectivity index (χ0n) is 12.4. The van der Waals surface area contributed by atoms with E-state index >= 15 is 0 Å². The number of likely N-dealkylation sites (tertiary alicyclic amines) is 1. The molecular formula is C15H23ClN2O3. The molecule has 118 valence electrons. The smallest absolute Gasteiger partial charge is 0.310 e. The number of ether oxygens (including phenoxy) is 1. The lowest BCUT2D eigenvalue weighted by Gasteiger charge is -2.26. The summed E-state index contributed by atoms with van der Waals surface area (Å²) in [6.45, 7) is 5.79. The summed E-state index contributed by atoms with van der Waals surface area (Å²) in [5.41, 5.74) is 1.02. The number of halogens is 1. The average molecular weight is 315 g/mol. The minimum absolute atomic E-state index is 0. The molecule has 1 fully saturated rings. The van der Waals surface area contributed by atoms with E-state index in [1.54, 1.807) is 12.1 Å². The van der Waals surface area contributed by atoms with Gasteiger partial charge in [0.1, 0.15) is 0 Å². The molecule has 6 heteroatoms. The zero-order valence-corrected chi connectivity index (χ0v) is 13.2. The molecule has 21 heavy (non-hydrogen) atoms. The van der Waals surface area contributed by atoms with Crippen LogP contribution in [0.15, 0.2) is 18.2 Å². The van der Waals surface area contributed by atoms with Gasteiger partial charge in [-0.2, -0.15) is 0 Å². The van der Waals surface area contributed by atoms with Crippen LogP contribution in [0.1, 0.15) is 31.2 Å². The molecule has 0 atom stereocenters. The largest absolute Gasteiger partial charge is 0.487 e. The summed E-state index contributed by atoms with van der Waals surface area (Å²) in [6.07, 6.45) is 4.81. The van der Waals surface area contributed by atoms with Gasteiger partial charge in [-0.15, -0.1) is 12.4 Å². The first-order chi connectivity index (χ1) is 9.66. The Morgan fingerprint density at radius 1 is 1.29 bits per heavy atom. The number of benzene rings is 1. The lowest BCUT2D eigenvalue weighted by Crippen LogP contribution is -2.31. The van der Waals surface area contributed by atoms with Gasteiger partial charge in [0.15, 0.2) is 5.75 Å². The van der Waals surface area contributed by atoms with Gasteiger partial charge in [0.25, 0.3) is 0 Å². The van der Waals surface area contributed by atoms with Crippen molar-refractivity contribution in [3.05, 3.63) is 33.9 Å². The normalized spacial score (nSPS) is 15.3. The molecule has 1 aliphatic rings. The van der Waals surface area contributed by atoms with E-state index in [0.717, 1.165) is 18.5 Å². The Hall–Kier alpha value is -1.33. The molecule has 0 amide bonds. The molecule has 1 aliphatic heterocycles. The van der Waals surface area contributed by atoms with E-state index in [0.29, 0.717) is 12.4 Å². The first-order valence-electron chi connectivity index (χ1n) is 7.27. The Kier molecular flexibility index (Phi) is 7.47. The fraction of sp³-hybridized carbons (Fsp3) is 0.600. The Labute approximate surface area is 131 Å². The summed E-state index contributed by atoms with van der Waals surface area (Å²) in [7, 11) is 0. The molecule has 2 rings (SSSR count). The van der Waals surface area contributed by atoms with Crippen LogP contribution in [0, 0.1) is 17.0 Å². The van der Waals surface area contributed by atoms with Crippen LogP contribution in [0.4, 0.5) is 5.69 Å². The quantitative estimate of drug-likeness (QED) is 0.457. The zero-order chi connectivity index (χ0) is 14.4. The second-order valence-electron chi connectivity index (χ2n) is 5.33. The second-order valence-corrected chi connectivity index (χ2v) is 5.33. The lowest BCUT2D eigenvalue weighted by atomic mass is 10.1. The highest BCUT2D eigenvalue weighted by Gasteiger charge is 2.15. The molecule has 0 bridgehead atoms. The summed E-state index contributed by atoms with van der Waals surface area (Å²) >= 11 is 0. The van der Waals surface area contributed by atoms with E-state index in [4.69, 9.17) is 4.74 Å². The highest BCUT2D eigenvalue weighted by atomic mass is 35.5. The number of nitrogens with zero attached hydrogens (tertiary/aromatic N) is 2. The molecular weight excluding hydrogens is 292 g/mol. The first-order valence-corrected chi connectivity index (χ1v) is 7.27. The number of nitro benzene ring substituents is 1. The van der Waals surface area contributed by atoms with Crippen molar-refractivity contribution >= 4 is 18.1 Å². The summed E-state index contributed by atoms with van der Waals surface area (Å²) < 4.78 is 5.60. The third kappa shape index (κ3) is 5.52. The van der Waals surface area contributed by atoms with E-state index in [2.05, 4.69) is 4.90 Å². The van der Waals surface area contributed by atoms with Crippen LogP contribution in [0.5, 0.6) is 5.75 Å². The number of hydrogen-bond acceptors (Lipinski definition) is 4. The number of nitro groups is 1. The summed E-state index contributed by atoms with van der Waals surface area (Å²) in [5, 5.41) is 10.9. The topological polar surface area (TPSA) is 55.6 Å². The number of aryl methyl sites for hydroxylation is 1. The fourth-order valence-corrected chi connectivity index (χ4v) is 2.54. The van der Waals surface area contributed by atoms with Gasteiger partial charge in [-0.3, -0.25) is 10.1 Å². The molecule has 1 aromatic carbocycles. The van der Waals surface area contributed by atoms with Gasteiger partial charge in [-0.25, -0.2) is 0 Å². The maximum absolute atomic E-state index is 10.9. The monoisotopic (exact) mass is 314 g/mol. The fourth-order valence-electron chi connectivity index (χ4n) is 2.54. The van der Waals surface area contributed by atoms with Gasteiger partial charge in [-0.1, -0.05) is 12.5 Å². The minimum atomic E-state index is -0.389. The molecule has 0 N–H and O–H groups in total. The van der Waals surface area contributed by atoms with E-state index in [-0.39, 0.29) is 23.0 Å². The van der Waals surface area contributed by atoms with Crippen molar-refractivity contribution in [2.45, 2.75) is 32.6 Å². The number of piperidine rings is 1. The molecule has 0 spiro atoms. The van der Waals surface area contributed by atoms with Crippen molar-refractivity contribution in [3.8, 4) is 5.75 Å². The van der Waals surface area contributed by atoms with Gasteiger partial charge >= 0.3 is 5.69 Å². The average Bonchev–Trinajstić information content (AvgIpc) is 2.44. The third-order valence-corrected chi connectivity index (χ3v) is 3.64. The van der Waals surface area contributed by atoms with Gasteiger partial charge < -0.3 is 9.64 Å². The van der Waals surface area contributed by atoms with Gasteiger partial charge in [0.2, 0.25) is 0 Å². The Balaban J connectivity index is 0.00000220. The highest BCUT2D eigenvalue weighted by molar-refractivity contribution is 5.85.